The van der Waals surface area contributed by atoms with Crippen LogP contribution in [0.2, 0.25) is 10.0 Å². The van der Waals surface area contributed by atoms with Crippen LogP contribution >= 0.6 is 23.2 Å². The van der Waals surface area contributed by atoms with Crippen molar-refractivity contribution in [1.29, 1.82) is 0 Å². The molecule has 52 heavy (non-hydrogen) atoms. The van der Waals surface area contributed by atoms with Gasteiger partial charge >= 0.3 is 5.97 Å². The molecule has 0 radical (unpaired) electrons. The van der Waals surface area contributed by atoms with E-state index in [4.69, 9.17) is 38.2 Å². The minimum absolute atomic E-state index is 0.0349. The highest BCUT2D eigenvalue weighted by atomic mass is 35.5. The van der Waals surface area contributed by atoms with Crippen molar-refractivity contribution < 1.29 is 45.0 Å². The number of carbonyl (C=O) groups excluding carboxylic acids is 1. The number of nitrogens with zero attached hydrogens (tertiary/aromatic N) is 2. The molecule has 2 aliphatic carbocycles. The fourth-order valence-electron chi connectivity index (χ4n) is 6.25. The number of pyridine rings is 1. The molecular weight excluding hydrogens is 713 g/mol. The number of aliphatic carboxylic acids is 1. The number of hydrogen-bond donors (Lipinski definition) is 7. The molecule has 1 aromatic heterocycles. The number of aliphatic hydroxyl groups excluding tert-OH is 5. The fraction of sp³-hybridized carbons (Fsp3) is 0.500. The van der Waals surface area contributed by atoms with Crippen molar-refractivity contribution in [2.45, 2.75) is 100 Å². The summed E-state index contributed by atoms with van der Waals surface area (Å²) in [6.07, 6.45) is 2.11. The van der Waals surface area contributed by atoms with E-state index in [0.29, 0.717) is 35.9 Å². The third-order valence-corrected chi connectivity index (χ3v) is 10.4. The van der Waals surface area contributed by atoms with Gasteiger partial charge < -0.3 is 45.6 Å². The van der Waals surface area contributed by atoms with E-state index in [-0.39, 0.29) is 31.0 Å². The molecule has 14 heteroatoms. The van der Waals surface area contributed by atoms with Crippen molar-refractivity contribution in [3.63, 3.8) is 0 Å². The highest BCUT2D eigenvalue weighted by molar-refractivity contribution is 6.34. The van der Waals surface area contributed by atoms with Gasteiger partial charge in [0.15, 0.2) is 0 Å². The van der Waals surface area contributed by atoms with Crippen LogP contribution in [0.5, 0.6) is 5.75 Å². The van der Waals surface area contributed by atoms with Crippen molar-refractivity contribution >= 4 is 35.1 Å². The van der Waals surface area contributed by atoms with Crippen LogP contribution in [-0.4, -0.2) is 103 Å². The highest BCUT2D eigenvalue weighted by Gasteiger charge is 2.46. The number of benzene rings is 2. The van der Waals surface area contributed by atoms with Crippen molar-refractivity contribution in [1.82, 2.24) is 15.2 Å². The second kappa shape index (κ2) is 18.1. The van der Waals surface area contributed by atoms with Gasteiger partial charge in [0.2, 0.25) is 5.91 Å². The largest absolute Gasteiger partial charge is 0.490 e. The molecule has 1 amide bonds. The number of carbonyl (C=O) groups is 2. The van der Waals surface area contributed by atoms with Crippen LogP contribution in [0.3, 0.4) is 0 Å². The zero-order valence-electron chi connectivity index (χ0n) is 28.8. The molecule has 5 rings (SSSR count). The summed E-state index contributed by atoms with van der Waals surface area (Å²) in [5, 5.41) is 63.0. The fourth-order valence-corrected chi connectivity index (χ4v) is 6.78. The van der Waals surface area contributed by atoms with Crippen LogP contribution in [0, 0.1) is 0 Å². The van der Waals surface area contributed by atoms with Crippen LogP contribution in [0.4, 0.5) is 0 Å². The molecule has 2 aromatic carbocycles. The van der Waals surface area contributed by atoms with Crippen LogP contribution in [0.15, 0.2) is 54.9 Å². The number of ether oxygens (including phenoxy) is 1. The first-order valence-electron chi connectivity index (χ1n) is 17.7. The molecule has 7 N–H and O–H groups in total. The van der Waals surface area contributed by atoms with Crippen LogP contribution in [0.1, 0.15) is 68.1 Å². The van der Waals surface area contributed by atoms with E-state index in [9.17, 15) is 30.0 Å². The number of halogens is 2. The maximum Gasteiger partial charge on any atom is 0.305 e. The minimum Gasteiger partial charge on any atom is -0.490 e. The Hall–Kier alpha value is -3.33. The van der Waals surface area contributed by atoms with Crippen molar-refractivity contribution in [2.24, 2.45) is 0 Å². The quantitative estimate of drug-likeness (QED) is 0.0781. The Bertz CT molecular complexity index is 1690. The van der Waals surface area contributed by atoms with E-state index in [0.717, 1.165) is 64.1 Å². The predicted molar refractivity (Wildman–Crippen MR) is 195 cm³/mol. The number of para-hydroxylation sites is 1. The van der Waals surface area contributed by atoms with Crippen LogP contribution in [-0.2, 0) is 28.1 Å². The maximum absolute atomic E-state index is 13.0. The van der Waals surface area contributed by atoms with E-state index in [1.54, 1.807) is 6.20 Å². The predicted octanol–water partition coefficient (Wildman–Crippen LogP) is 3.83. The summed E-state index contributed by atoms with van der Waals surface area (Å²) in [4.78, 5) is 29.7. The van der Waals surface area contributed by atoms with Crippen molar-refractivity contribution in [2.75, 3.05) is 19.7 Å². The van der Waals surface area contributed by atoms with Gasteiger partial charge in [0.05, 0.1) is 19.1 Å². The molecule has 3 aromatic rings. The number of hydrogen-bond acceptors (Lipinski definition) is 10. The van der Waals surface area contributed by atoms with E-state index in [2.05, 4.69) is 16.4 Å². The van der Waals surface area contributed by atoms with Crippen LogP contribution < -0.4 is 10.1 Å². The number of unbranched alkanes of at least 4 members (excludes halogenated alkanes) is 1. The summed E-state index contributed by atoms with van der Waals surface area (Å²) in [7, 11) is 0. The van der Waals surface area contributed by atoms with Gasteiger partial charge in [-0.05, 0) is 91.5 Å². The molecule has 4 atom stereocenters. The van der Waals surface area contributed by atoms with Gasteiger partial charge in [-0.2, -0.15) is 0 Å². The lowest BCUT2D eigenvalue weighted by Gasteiger charge is -2.30. The average Bonchev–Trinajstić information content (AvgIpc) is 4.09. The molecule has 0 spiro atoms. The summed E-state index contributed by atoms with van der Waals surface area (Å²) in [5.41, 5.74) is 4.66. The summed E-state index contributed by atoms with van der Waals surface area (Å²) in [6.45, 7) is -1.05. The molecule has 1 heterocycles. The second-order valence-electron chi connectivity index (χ2n) is 13.7. The van der Waals surface area contributed by atoms with Gasteiger partial charge in [-0.15, -0.1) is 0 Å². The lowest BCUT2D eigenvalue weighted by molar-refractivity contribution is -0.142. The minimum atomic E-state index is -1.87. The molecule has 0 aliphatic heterocycles. The van der Waals surface area contributed by atoms with Gasteiger partial charge in [0.25, 0.3) is 0 Å². The Morgan fingerprint density at radius 2 is 1.63 bits per heavy atom. The van der Waals surface area contributed by atoms with E-state index in [1.165, 1.54) is 0 Å². The molecule has 2 fully saturated rings. The number of aryl methyl sites for hydroxylation is 1. The van der Waals surface area contributed by atoms with Gasteiger partial charge in [0, 0.05) is 59.6 Å². The Morgan fingerprint density at radius 1 is 0.942 bits per heavy atom. The number of rotatable bonds is 21. The maximum atomic E-state index is 13.0. The standard InChI is InChI=1S/C38H47Cl2N3O9/c39-29-18-24(19-42-38(13-14-38)28-20-41-15-11-26(28)27-6-2-3-7-33(27)52-25-9-10-25)30(40)17-23(29)5-1-4-8-34(47)43(16-12-35(48)49)21-31(45)36(50)37(51)32(46)22-44/h2-3,6-7,11,15,17-18,20,25,31-32,36-37,42,44-46,50-51H,1,4-5,8-10,12-14,16,19,21-22H2,(H,48,49)/t31-,32+,36+,37+/m0/s1. The second-order valence-corrected chi connectivity index (χ2v) is 14.5. The van der Waals surface area contributed by atoms with Gasteiger partial charge in [-0.3, -0.25) is 14.6 Å². The van der Waals surface area contributed by atoms with Gasteiger partial charge in [-0.25, -0.2) is 0 Å². The Kier molecular flexibility index (Phi) is 13.9. The lowest BCUT2D eigenvalue weighted by Crippen LogP contribution is -2.50. The molecule has 282 valence electrons. The van der Waals surface area contributed by atoms with E-state index < -0.39 is 49.4 Å². The number of amides is 1. The third-order valence-electron chi connectivity index (χ3n) is 9.68. The lowest BCUT2D eigenvalue weighted by atomic mass is 9.94. The SMILES string of the molecule is O=C(O)CCN(C[C@H](O)[C@@H](O)[C@H](O)[C@H](O)CO)C(=O)CCCCc1cc(Cl)c(CNC2(c3cnccc3-c3ccccc3OC3CC3)CC2)cc1Cl. The molecule has 2 saturated carbocycles. The molecule has 0 bridgehead atoms. The first-order valence-corrected chi connectivity index (χ1v) is 18.4. The smallest absolute Gasteiger partial charge is 0.305 e. The normalized spacial score (nSPS) is 17.2. The Balaban J connectivity index is 1.16. The molecule has 12 nitrogen and oxygen atoms in total. The Labute approximate surface area is 313 Å². The summed E-state index contributed by atoms with van der Waals surface area (Å²) in [5.74, 6) is -0.715. The number of carboxylic acid groups (broad SMARTS) is 1. The van der Waals surface area contributed by atoms with Crippen molar-refractivity contribution in [3.8, 4) is 16.9 Å². The van der Waals surface area contributed by atoms with Gasteiger partial charge in [-0.1, -0.05) is 41.4 Å². The monoisotopic (exact) mass is 759 g/mol. The summed E-state index contributed by atoms with van der Waals surface area (Å²) >= 11 is 13.5. The summed E-state index contributed by atoms with van der Waals surface area (Å²) in [6, 6.07) is 13.9. The highest BCUT2D eigenvalue weighted by Crippen LogP contribution is 2.50. The third kappa shape index (κ3) is 10.4. The number of aliphatic hydroxyl groups is 5. The molecule has 0 saturated heterocycles. The van der Waals surface area contributed by atoms with Gasteiger partial charge in [0.1, 0.15) is 30.2 Å². The number of aromatic nitrogens is 1. The summed E-state index contributed by atoms with van der Waals surface area (Å²) < 4.78 is 6.23. The number of nitrogens with one attached hydrogen (secondary N) is 1. The zero-order chi connectivity index (χ0) is 37.4. The van der Waals surface area contributed by atoms with E-state index >= 15 is 0 Å². The molecule has 2 aliphatic rings. The topological polar surface area (TPSA) is 193 Å². The van der Waals surface area contributed by atoms with Crippen molar-refractivity contribution in [3.05, 3.63) is 81.6 Å². The van der Waals surface area contributed by atoms with Crippen LogP contribution in [0.25, 0.3) is 11.1 Å². The zero-order valence-corrected chi connectivity index (χ0v) is 30.3. The van der Waals surface area contributed by atoms with E-state index in [1.807, 2.05) is 42.6 Å². The molecule has 0 unspecified atom stereocenters. The Morgan fingerprint density at radius 3 is 2.33 bits per heavy atom. The average molecular weight is 761 g/mol. The number of carboxylic acids is 1. The molecular formula is C38H47Cl2N3O9. The first-order chi connectivity index (χ1) is 24.9. The first kappa shape index (κ1) is 39.9.